The summed E-state index contributed by atoms with van der Waals surface area (Å²) < 4.78 is 1.25. The van der Waals surface area contributed by atoms with Gasteiger partial charge in [-0.1, -0.05) is 0 Å². The maximum atomic E-state index is 10.9. The van der Waals surface area contributed by atoms with E-state index in [0.29, 0.717) is 0 Å². The number of primary amides is 1. The maximum absolute atomic E-state index is 10.9. The zero-order valence-electron chi connectivity index (χ0n) is 9.07. The number of carboxylic acids is 1. The Balaban J connectivity index is 2.44. The standard InChI is InChI=1S/C10H9N5O3/c11-6-3-5(10(17)18)4-13-9(6)15-2-1-7(14-15)8(12)16/h1-4H,11H2,(H2,12,16)(H,17,18). The molecular weight excluding hydrogens is 238 g/mol. The normalized spacial score (nSPS) is 10.2. The van der Waals surface area contributed by atoms with Crippen LogP contribution < -0.4 is 11.5 Å². The molecule has 8 nitrogen and oxygen atoms in total. The summed E-state index contributed by atoms with van der Waals surface area (Å²) in [7, 11) is 0. The summed E-state index contributed by atoms with van der Waals surface area (Å²) in [6.07, 6.45) is 2.61. The average Bonchev–Trinajstić information content (AvgIpc) is 2.78. The predicted molar refractivity (Wildman–Crippen MR) is 61.2 cm³/mol. The van der Waals surface area contributed by atoms with Crippen molar-refractivity contribution in [2.24, 2.45) is 5.73 Å². The molecule has 2 aromatic heterocycles. The summed E-state index contributed by atoms with van der Waals surface area (Å²) in [6.45, 7) is 0. The molecule has 5 N–H and O–H groups in total. The van der Waals surface area contributed by atoms with Gasteiger partial charge in [0.25, 0.3) is 5.91 Å². The van der Waals surface area contributed by atoms with Gasteiger partial charge in [0, 0.05) is 12.4 Å². The Morgan fingerprint density at radius 2 is 2.11 bits per heavy atom. The van der Waals surface area contributed by atoms with Gasteiger partial charge in [-0.05, 0) is 12.1 Å². The SMILES string of the molecule is NC(=O)c1ccn(-c2ncc(C(=O)O)cc2N)n1. The van der Waals surface area contributed by atoms with E-state index in [1.54, 1.807) is 0 Å². The first-order valence-corrected chi connectivity index (χ1v) is 4.83. The second-order valence-corrected chi connectivity index (χ2v) is 3.45. The minimum atomic E-state index is -1.13. The smallest absolute Gasteiger partial charge is 0.337 e. The summed E-state index contributed by atoms with van der Waals surface area (Å²) in [5.74, 6) is -1.57. The van der Waals surface area contributed by atoms with Crippen LogP contribution in [0.15, 0.2) is 24.5 Å². The van der Waals surface area contributed by atoms with Crippen LogP contribution in [0, 0.1) is 0 Å². The van der Waals surface area contributed by atoms with Gasteiger partial charge < -0.3 is 16.6 Å². The molecule has 0 spiro atoms. The largest absolute Gasteiger partial charge is 0.478 e. The van der Waals surface area contributed by atoms with E-state index >= 15 is 0 Å². The molecule has 1 amide bonds. The van der Waals surface area contributed by atoms with Gasteiger partial charge in [0.05, 0.1) is 11.3 Å². The fraction of sp³-hybridized carbons (Fsp3) is 0. The van der Waals surface area contributed by atoms with Crippen LogP contribution in [0.1, 0.15) is 20.8 Å². The van der Waals surface area contributed by atoms with Crippen LogP contribution in [-0.2, 0) is 0 Å². The van der Waals surface area contributed by atoms with Gasteiger partial charge in [0.1, 0.15) is 5.69 Å². The van der Waals surface area contributed by atoms with Gasteiger partial charge in [0.15, 0.2) is 5.82 Å². The minimum Gasteiger partial charge on any atom is -0.478 e. The first-order valence-electron chi connectivity index (χ1n) is 4.83. The average molecular weight is 247 g/mol. The molecule has 8 heteroatoms. The lowest BCUT2D eigenvalue weighted by Crippen LogP contribution is -2.13. The molecule has 0 atom stereocenters. The Hall–Kier alpha value is -2.90. The third kappa shape index (κ3) is 1.98. The molecule has 92 valence electrons. The van der Waals surface area contributed by atoms with Gasteiger partial charge >= 0.3 is 5.97 Å². The third-order valence-electron chi connectivity index (χ3n) is 2.20. The number of nitrogen functional groups attached to an aromatic ring is 1. The van der Waals surface area contributed by atoms with Crippen molar-refractivity contribution in [2.75, 3.05) is 5.73 Å². The van der Waals surface area contributed by atoms with Gasteiger partial charge in [0.2, 0.25) is 0 Å². The van der Waals surface area contributed by atoms with E-state index in [4.69, 9.17) is 16.6 Å². The first kappa shape index (κ1) is 11.6. The monoisotopic (exact) mass is 247 g/mol. The molecular formula is C10H9N5O3. The molecule has 2 rings (SSSR count). The molecule has 0 aliphatic rings. The van der Waals surface area contributed by atoms with Gasteiger partial charge in [-0.2, -0.15) is 5.10 Å². The van der Waals surface area contributed by atoms with Crippen LogP contribution in [0.2, 0.25) is 0 Å². The van der Waals surface area contributed by atoms with Crippen molar-refractivity contribution < 1.29 is 14.7 Å². The highest BCUT2D eigenvalue weighted by molar-refractivity contribution is 5.91. The summed E-state index contributed by atoms with van der Waals surface area (Å²) in [6, 6.07) is 2.67. The molecule has 0 aliphatic heterocycles. The number of carboxylic acid groups (broad SMARTS) is 1. The quantitative estimate of drug-likeness (QED) is 0.677. The van der Waals surface area contributed by atoms with E-state index in [0.717, 1.165) is 6.20 Å². The van der Waals surface area contributed by atoms with Gasteiger partial charge in [-0.25, -0.2) is 14.5 Å². The molecule has 0 saturated carbocycles. The molecule has 0 radical (unpaired) electrons. The molecule has 0 aromatic carbocycles. The van der Waals surface area contributed by atoms with Crippen molar-refractivity contribution in [1.82, 2.24) is 14.8 Å². The second-order valence-electron chi connectivity index (χ2n) is 3.45. The lowest BCUT2D eigenvalue weighted by molar-refractivity contribution is 0.0696. The molecule has 0 aliphatic carbocycles. The van der Waals surface area contributed by atoms with Crippen LogP contribution in [-0.4, -0.2) is 31.7 Å². The van der Waals surface area contributed by atoms with E-state index in [1.165, 1.54) is 23.0 Å². The number of pyridine rings is 1. The highest BCUT2D eigenvalue weighted by Crippen LogP contribution is 2.15. The molecule has 0 saturated heterocycles. The van der Waals surface area contributed by atoms with Crippen LogP contribution in [0.25, 0.3) is 5.82 Å². The topological polar surface area (TPSA) is 137 Å². The van der Waals surface area contributed by atoms with Crippen LogP contribution in [0.4, 0.5) is 5.69 Å². The van der Waals surface area contributed by atoms with Crippen molar-refractivity contribution >= 4 is 17.6 Å². The van der Waals surface area contributed by atoms with E-state index in [2.05, 4.69) is 10.1 Å². The molecule has 18 heavy (non-hydrogen) atoms. The van der Waals surface area contributed by atoms with Gasteiger partial charge in [-0.15, -0.1) is 0 Å². The fourth-order valence-corrected chi connectivity index (χ4v) is 1.36. The highest BCUT2D eigenvalue weighted by Gasteiger charge is 2.11. The number of carbonyl (C=O) groups is 2. The van der Waals surface area contributed by atoms with Crippen molar-refractivity contribution in [2.45, 2.75) is 0 Å². The Bertz CT molecular complexity index is 634. The van der Waals surface area contributed by atoms with Crippen molar-refractivity contribution in [3.05, 3.63) is 35.8 Å². The van der Waals surface area contributed by atoms with Crippen molar-refractivity contribution in [3.8, 4) is 5.82 Å². The Morgan fingerprint density at radius 1 is 1.39 bits per heavy atom. The minimum absolute atomic E-state index is 0.0291. The number of nitrogens with two attached hydrogens (primary N) is 2. The fourth-order valence-electron chi connectivity index (χ4n) is 1.36. The summed E-state index contributed by atoms with van der Waals surface area (Å²) >= 11 is 0. The van der Waals surface area contributed by atoms with Crippen molar-refractivity contribution in [1.29, 1.82) is 0 Å². The van der Waals surface area contributed by atoms with Crippen molar-refractivity contribution in [3.63, 3.8) is 0 Å². The van der Waals surface area contributed by atoms with E-state index in [1.807, 2.05) is 0 Å². The third-order valence-corrected chi connectivity index (χ3v) is 2.20. The number of carbonyl (C=O) groups excluding carboxylic acids is 1. The lowest BCUT2D eigenvalue weighted by Gasteiger charge is -2.04. The lowest BCUT2D eigenvalue weighted by atomic mass is 10.2. The Kier molecular flexibility index (Phi) is 2.68. The number of hydrogen-bond acceptors (Lipinski definition) is 5. The number of hydrogen-bond donors (Lipinski definition) is 3. The molecule has 0 unspecified atom stereocenters. The van der Waals surface area contributed by atoms with Crippen LogP contribution in [0.3, 0.4) is 0 Å². The maximum Gasteiger partial charge on any atom is 0.337 e. The molecule has 0 fully saturated rings. The number of amides is 1. The Morgan fingerprint density at radius 3 is 2.61 bits per heavy atom. The number of nitrogens with zero attached hydrogens (tertiary/aromatic N) is 3. The number of rotatable bonds is 3. The van der Waals surface area contributed by atoms with Gasteiger partial charge in [-0.3, -0.25) is 4.79 Å². The zero-order chi connectivity index (χ0) is 13.3. The van der Waals surface area contributed by atoms with Crippen LogP contribution in [0.5, 0.6) is 0 Å². The summed E-state index contributed by atoms with van der Waals surface area (Å²) in [5.41, 5.74) is 10.9. The summed E-state index contributed by atoms with van der Waals surface area (Å²) in [5, 5.41) is 12.6. The molecule has 0 bridgehead atoms. The number of aromatic nitrogens is 3. The van der Waals surface area contributed by atoms with E-state index < -0.39 is 11.9 Å². The first-order chi connectivity index (χ1) is 8.49. The summed E-state index contributed by atoms with van der Waals surface area (Å²) in [4.78, 5) is 25.5. The Labute approximate surface area is 101 Å². The highest BCUT2D eigenvalue weighted by atomic mass is 16.4. The molecule has 2 aromatic rings. The second kappa shape index (κ2) is 4.17. The number of anilines is 1. The van der Waals surface area contributed by atoms with Crippen LogP contribution >= 0.6 is 0 Å². The zero-order valence-corrected chi connectivity index (χ0v) is 9.07. The number of aromatic carboxylic acids is 1. The predicted octanol–water partition coefficient (Wildman–Crippen LogP) is -0.353. The van der Waals surface area contributed by atoms with E-state index in [-0.39, 0.29) is 22.8 Å². The molecule has 2 heterocycles. The van der Waals surface area contributed by atoms with E-state index in [9.17, 15) is 9.59 Å².